The number of benzene rings is 3. The summed E-state index contributed by atoms with van der Waals surface area (Å²) in [5, 5.41) is 0. The quantitative estimate of drug-likeness (QED) is 0.688. The Hall–Kier alpha value is -3.40. The van der Waals surface area contributed by atoms with Crippen molar-refractivity contribution < 1.29 is 14.3 Å². The van der Waals surface area contributed by atoms with E-state index >= 15 is 0 Å². The molecule has 0 bridgehead atoms. The smallest absolute Gasteiger partial charge is 0.258 e. The van der Waals surface area contributed by atoms with Gasteiger partial charge in [0.15, 0.2) is 5.78 Å². The normalized spacial score (nSPS) is 13.2. The van der Waals surface area contributed by atoms with Crippen LogP contribution in [0.15, 0.2) is 72.8 Å². The van der Waals surface area contributed by atoms with Crippen molar-refractivity contribution in [2.45, 2.75) is 6.42 Å². The van der Waals surface area contributed by atoms with Gasteiger partial charge in [0.25, 0.3) is 5.91 Å². The Kier molecular flexibility index (Phi) is 4.47. The number of carbonyl (C=O) groups excluding carboxylic acids is 2. The molecule has 0 fully saturated rings. The molecule has 4 rings (SSSR count). The summed E-state index contributed by atoms with van der Waals surface area (Å²) in [6.45, 7) is 0.353. The monoisotopic (exact) mass is 357 g/mol. The predicted octanol–water partition coefficient (Wildman–Crippen LogP) is 4.60. The SMILES string of the molecule is COc1cccc2c1N(C(=O)c1ccc(-c3ccccc3)cc1)CCC2=O. The highest BCUT2D eigenvalue weighted by molar-refractivity contribution is 6.14. The van der Waals surface area contributed by atoms with Gasteiger partial charge in [0.05, 0.1) is 12.8 Å². The third-order valence-electron chi connectivity index (χ3n) is 4.84. The fourth-order valence-corrected chi connectivity index (χ4v) is 3.45. The van der Waals surface area contributed by atoms with Gasteiger partial charge in [-0.2, -0.15) is 0 Å². The molecule has 3 aromatic carbocycles. The van der Waals surface area contributed by atoms with Crippen molar-refractivity contribution in [2.24, 2.45) is 0 Å². The van der Waals surface area contributed by atoms with Crippen molar-refractivity contribution >= 4 is 17.4 Å². The highest BCUT2D eigenvalue weighted by atomic mass is 16.5. The Balaban J connectivity index is 1.68. The molecule has 0 saturated carbocycles. The van der Waals surface area contributed by atoms with Crippen LogP contribution in [0.5, 0.6) is 5.75 Å². The summed E-state index contributed by atoms with van der Waals surface area (Å²) < 4.78 is 5.41. The molecule has 0 spiro atoms. The van der Waals surface area contributed by atoms with Crippen LogP contribution in [0, 0.1) is 0 Å². The van der Waals surface area contributed by atoms with Gasteiger partial charge < -0.3 is 9.64 Å². The number of Topliss-reactive ketones (excluding diaryl/α,β-unsaturated/α-hetero) is 1. The number of anilines is 1. The molecule has 0 N–H and O–H groups in total. The molecule has 4 nitrogen and oxygen atoms in total. The van der Waals surface area contributed by atoms with Crippen LogP contribution in [0.25, 0.3) is 11.1 Å². The first-order valence-corrected chi connectivity index (χ1v) is 8.86. The lowest BCUT2D eigenvalue weighted by Crippen LogP contribution is -2.37. The highest BCUT2D eigenvalue weighted by Crippen LogP contribution is 2.37. The van der Waals surface area contributed by atoms with Crippen molar-refractivity contribution in [3.05, 3.63) is 83.9 Å². The molecule has 0 atom stereocenters. The van der Waals surface area contributed by atoms with E-state index in [2.05, 4.69) is 0 Å². The predicted molar refractivity (Wildman–Crippen MR) is 105 cm³/mol. The number of ketones is 1. The zero-order valence-corrected chi connectivity index (χ0v) is 15.0. The summed E-state index contributed by atoms with van der Waals surface area (Å²) in [4.78, 5) is 27.1. The second-order valence-electron chi connectivity index (χ2n) is 6.43. The van der Waals surface area contributed by atoms with Gasteiger partial charge in [-0.3, -0.25) is 9.59 Å². The third-order valence-corrected chi connectivity index (χ3v) is 4.84. The van der Waals surface area contributed by atoms with E-state index in [0.717, 1.165) is 11.1 Å². The van der Waals surface area contributed by atoms with E-state index in [9.17, 15) is 9.59 Å². The molecule has 0 unspecified atom stereocenters. The number of ether oxygens (including phenoxy) is 1. The lowest BCUT2D eigenvalue weighted by atomic mass is 9.98. The van der Waals surface area contributed by atoms with Crippen LogP contribution in [-0.4, -0.2) is 25.3 Å². The van der Waals surface area contributed by atoms with Gasteiger partial charge in [-0.1, -0.05) is 48.5 Å². The van der Waals surface area contributed by atoms with E-state index < -0.39 is 0 Å². The molecule has 27 heavy (non-hydrogen) atoms. The van der Waals surface area contributed by atoms with Crippen molar-refractivity contribution in [1.29, 1.82) is 0 Å². The Morgan fingerprint density at radius 1 is 0.889 bits per heavy atom. The Morgan fingerprint density at radius 2 is 1.59 bits per heavy atom. The van der Waals surface area contributed by atoms with E-state index in [1.54, 1.807) is 30.2 Å². The minimum atomic E-state index is -0.132. The van der Waals surface area contributed by atoms with E-state index in [1.807, 2.05) is 54.6 Å². The van der Waals surface area contributed by atoms with E-state index in [0.29, 0.717) is 35.5 Å². The molecule has 1 heterocycles. The second kappa shape index (κ2) is 7.08. The zero-order chi connectivity index (χ0) is 18.8. The minimum absolute atomic E-state index is 0.0346. The Bertz CT molecular complexity index is 994. The van der Waals surface area contributed by atoms with Crippen LogP contribution in [0.3, 0.4) is 0 Å². The first-order valence-electron chi connectivity index (χ1n) is 8.86. The molecular formula is C23H19NO3. The van der Waals surface area contributed by atoms with Crippen molar-refractivity contribution in [2.75, 3.05) is 18.6 Å². The number of carbonyl (C=O) groups is 2. The third kappa shape index (κ3) is 3.10. The summed E-state index contributed by atoms with van der Waals surface area (Å²) >= 11 is 0. The fraction of sp³-hybridized carbons (Fsp3) is 0.130. The Morgan fingerprint density at radius 3 is 2.30 bits per heavy atom. The summed E-state index contributed by atoms with van der Waals surface area (Å²) in [6, 6.07) is 22.9. The number of hydrogen-bond acceptors (Lipinski definition) is 3. The number of fused-ring (bicyclic) bond motifs is 1. The van der Waals surface area contributed by atoms with E-state index in [4.69, 9.17) is 4.74 Å². The molecule has 0 saturated heterocycles. The fourth-order valence-electron chi connectivity index (χ4n) is 3.45. The summed E-state index contributed by atoms with van der Waals surface area (Å²) in [6.07, 6.45) is 0.313. The molecular weight excluding hydrogens is 338 g/mol. The number of nitrogens with zero attached hydrogens (tertiary/aromatic N) is 1. The number of hydrogen-bond donors (Lipinski definition) is 0. The average molecular weight is 357 g/mol. The lowest BCUT2D eigenvalue weighted by Gasteiger charge is -2.30. The maximum atomic E-state index is 13.1. The standard InChI is InChI=1S/C23H19NO3/c1-27-21-9-5-8-19-20(25)14-15-24(22(19)21)23(26)18-12-10-17(11-13-18)16-6-3-2-4-7-16/h2-13H,14-15H2,1H3. The van der Waals surface area contributed by atoms with Crippen LogP contribution in [-0.2, 0) is 0 Å². The maximum Gasteiger partial charge on any atom is 0.258 e. The number of rotatable bonds is 3. The number of amides is 1. The van der Waals surface area contributed by atoms with Gasteiger partial charge in [-0.05, 0) is 35.4 Å². The molecule has 0 radical (unpaired) electrons. The van der Waals surface area contributed by atoms with Gasteiger partial charge >= 0.3 is 0 Å². The summed E-state index contributed by atoms with van der Waals surface area (Å²) in [5.74, 6) is 0.440. The second-order valence-corrected chi connectivity index (χ2v) is 6.43. The first kappa shape index (κ1) is 17.0. The molecule has 1 amide bonds. The van der Waals surface area contributed by atoms with Gasteiger partial charge in [-0.15, -0.1) is 0 Å². The average Bonchev–Trinajstić information content (AvgIpc) is 2.74. The van der Waals surface area contributed by atoms with Crippen LogP contribution in [0.4, 0.5) is 5.69 Å². The molecule has 134 valence electrons. The number of para-hydroxylation sites is 1. The molecule has 4 heteroatoms. The molecule has 1 aliphatic heterocycles. The van der Waals surface area contributed by atoms with Crippen molar-refractivity contribution in [3.63, 3.8) is 0 Å². The van der Waals surface area contributed by atoms with Crippen molar-refractivity contribution in [3.8, 4) is 16.9 Å². The minimum Gasteiger partial charge on any atom is -0.495 e. The van der Waals surface area contributed by atoms with Crippen LogP contribution < -0.4 is 9.64 Å². The summed E-state index contributed by atoms with van der Waals surface area (Å²) in [7, 11) is 1.55. The van der Waals surface area contributed by atoms with E-state index in [-0.39, 0.29) is 11.7 Å². The zero-order valence-electron chi connectivity index (χ0n) is 15.0. The molecule has 1 aliphatic rings. The van der Waals surface area contributed by atoms with Gasteiger partial charge in [0.1, 0.15) is 5.75 Å². The molecule has 0 aliphatic carbocycles. The topological polar surface area (TPSA) is 46.6 Å². The number of methoxy groups -OCH3 is 1. The largest absolute Gasteiger partial charge is 0.495 e. The van der Waals surface area contributed by atoms with Crippen LogP contribution in [0.2, 0.25) is 0 Å². The van der Waals surface area contributed by atoms with Crippen LogP contribution in [0.1, 0.15) is 27.1 Å². The molecule has 0 aromatic heterocycles. The van der Waals surface area contributed by atoms with Gasteiger partial charge in [-0.25, -0.2) is 0 Å². The first-order chi connectivity index (χ1) is 13.2. The maximum absolute atomic E-state index is 13.1. The van der Waals surface area contributed by atoms with Gasteiger partial charge in [0.2, 0.25) is 0 Å². The van der Waals surface area contributed by atoms with E-state index in [1.165, 1.54) is 0 Å². The molecule has 3 aromatic rings. The Labute approximate surface area is 158 Å². The summed E-state index contributed by atoms with van der Waals surface area (Å²) in [5.41, 5.74) is 3.84. The van der Waals surface area contributed by atoms with Gasteiger partial charge in [0, 0.05) is 24.1 Å². The van der Waals surface area contributed by atoms with Crippen LogP contribution >= 0.6 is 0 Å². The lowest BCUT2D eigenvalue weighted by molar-refractivity contribution is 0.0954. The van der Waals surface area contributed by atoms with Crippen molar-refractivity contribution in [1.82, 2.24) is 0 Å². The highest BCUT2D eigenvalue weighted by Gasteiger charge is 2.30.